The zero-order valence-corrected chi connectivity index (χ0v) is 16.7. The third kappa shape index (κ3) is 5.08. The number of hydrogen-bond acceptors (Lipinski definition) is 5. The molecule has 6 nitrogen and oxygen atoms in total. The van der Waals surface area contributed by atoms with E-state index in [1.54, 1.807) is 49.6 Å². The minimum absolute atomic E-state index is 0.222. The number of carbonyl (C=O) groups is 2. The summed E-state index contributed by atoms with van der Waals surface area (Å²) in [5.41, 5.74) is 5.11. The first-order chi connectivity index (χ1) is 13.0. The Kier molecular flexibility index (Phi) is 6.10. The first kappa shape index (κ1) is 18.9. The van der Waals surface area contributed by atoms with Crippen LogP contribution in [-0.2, 0) is 0 Å². The molecule has 0 atom stereocenters. The van der Waals surface area contributed by atoms with E-state index in [9.17, 15) is 9.59 Å². The molecule has 0 saturated heterocycles. The number of pyridine rings is 1. The van der Waals surface area contributed by atoms with E-state index in [2.05, 4.69) is 36.8 Å². The van der Waals surface area contributed by atoms with Gasteiger partial charge in [0.2, 0.25) is 0 Å². The van der Waals surface area contributed by atoms with Gasteiger partial charge in [0.15, 0.2) is 0 Å². The summed E-state index contributed by atoms with van der Waals surface area (Å²) in [5, 5.41) is 6.98. The second-order valence-corrected chi connectivity index (χ2v) is 7.98. The van der Waals surface area contributed by atoms with Gasteiger partial charge >= 0.3 is 0 Å². The predicted octanol–water partition coefficient (Wildman–Crippen LogP) is 4.31. The highest BCUT2D eigenvalue weighted by Gasteiger charge is 2.09. The van der Waals surface area contributed by atoms with Crippen LogP contribution in [0.4, 0.5) is 5.69 Å². The van der Waals surface area contributed by atoms with E-state index in [-0.39, 0.29) is 11.8 Å². The first-order valence-electron chi connectivity index (χ1n) is 7.95. The van der Waals surface area contributed by atoms with Gasteiger partial charge < -0.3 is 5.32 Å². The average Bonchev–Trinajstić information content (AvgIpc) is 3.13. The molecule has 0 aliphatic rings. The number of halogens is 1. The Morgan fingerprint density at radius 2 is 1.81 bits per heavy atom. The lowest BCUT2D eigenvalue weighted by Gasteiger charge is -2.07. The number of aromatic nitrogens is 1. The molecule has 27 heavy (non-hydrogen) atoms. The fourth-order valence-corrected chi connectivity index (χ4v) is 3.50. The van der Waals surface area contributed by atoms with Crippen molar-refractivity contribution in [2.75, 3.05) is 5.32 Å². The van der Waals surface area contributed by atoms with Gasteiger partial charge in [0.25, 0.3) is 11.8 Å². The molecule has 0 saturated carbocycles. The zero-order chi connectivity index (χ0) is 19.2. The second-order valence-electron chi connectivity index (χ2n) is 5.51. The highest BCUT2D eigenvalue weighted by Crippen LogP contribution is 2.21. The largest absolute Gasteiger partial charge is 0.322 e. The molecule has 0 unspecified atom stereocenters. The lowest BCUT2D eigenvalue weighted by Crippen LogP contribution is -2.18. The van der Waals surface area contributed by atoms with Gasteiger partial charge in [0, 0.05) is 23.6 Å². The van der Waals surface area contributed by atoms with Gasteiger partial charge in [-0.1, -0.05) is 12.1 Å². The van der Waals surface area contributed by atoms with Crippen molar-refractivity contribution in [3.05, 3.63) is 80.7 Å². The fraction of sp³-hybridized carbons (Fsp3) is 0.0526. The molecule has 136 valence electrons. The molecule has 3 aromatic rings. The maximum absolute atomic E-state index is 12.2. The molecular formula is C19H15BrN4O2S. The molecule has 3 rings (SSSR count). The van der Waals surface area contributed by atoms with Crippen LogP contribution in [0.2, 0.25) is 0 Å². The molecule has 8 heteroatoms. The smallest absolute Gasteiger partial charge is 0.281 e. The topological polar surface area (TPSA) is 83.5 Å². The van der Waals surface area contributed by atoms with Crippen LogP contribution in [0.25, 0.3) is 0 Å². The van der Waals surface area contributed by atoms with Gasteiger partial charge in [-0.3, -0.25) is 14.6 Å². The van der Waals surface area contributed by atoms with Crippen LogP contribution in [0.15, 0.2) is 69.8 Å². The number of nitrogens with one attached hydrogen (secondary N) is 2. The molecule has 2 amide bonds. The quantitative estimate of drug-likeness (QED) is 0.455. The summed E-state index contributed by atoms with van der Waals surface area (Å²) in [4.78, 5) is 28.8. The van der Waals surface area contributed by atoms with E-state index in [1.165, 1.54) is 11.3 Å². The number of hydrazone groups is 1. The number of hydrogen-bond donors (Lipinski definition) is 2. The van der Waals surface area contributed by atoms with E-state index in [0.717, 1.165) is 9.35 Å². The fourth-order valence-electron chi connectivity index (χ4n) is 2.22. The molecule has 0 aliphatic heterocycles. The Morgan fingerprint density at radius 1 is 1.04 bits per heavy atom. The molecule has 0 spiro atoms. The van der Waals surface area contributed by atoms with E-state index in [0.29, 0.717) is 21.8 Å². The van der Waals surface area contributed by atoms with Crippen LogP contribution in [0.1, 0.15) is 32.5 Å². The van der Waals surface area contributed by atoms with Crippen molar-refractivity contribution in [2.24, 2.45) is 5.10 Å². The zero-order valence-electron chi connectivity index (χ0n) is 14.3. The van der Waals surface area contributed by atoms with Crippen LogP contribution in [0.5, 0.6) is 0 Å². The van der Waals surface area contributed by atoms with Gasteiger partial charge in [-0.05, 0) is 64.8 Å². The molecule has 2 aromatic heterocycles. The highest BCUT2D eigenvalue weighted by molar-refractivity contribution is 9.11. The second kappa shape index (κ2) is 8.70. The molecule has 1 aromatic carbocycles. The standard InChI is InChI=1S/C19H15BrN4O2S/c1-12(23-24-19(26)16-5-6-17(20)27-16)14-3-2-4-15(11-14)22-18(25)13-7-9-21-10-8-13/h2-11H,1H3,(H,22,25)(H,24,26)/b23-12-. The van der Waals surface area contributed by atoms with Crippen LogP contribution < -0.4 is 10.7 Å². The summed E-state index contributed by atoms with van der Waals surface area (Å²) in [5.74, 6) is -0.493. The summed E-state index contributed by atoms with van der Waals surface area (Å²) in [6.45, 7) is 1.79. The predicted molar refractivity (Wildman–Crippen MR) is 110 cm³/mol. The Morgan fingerprint density at radius 3 is 2.52 bits per heavy atom. The normalized spacial score (nSPS) is 11.1. The number of carbonyl (C=O) groups excluding carboxylic acids is 2. The van der Waals surface area contributed by atoms with Gasteiger partial charge in [-0.25, -0.2) is 5.43 Å². The highest BCUT2D eigenvalue weighted by atomic mass is 79.9. The van der Waals surface area contributed by atoms with Crippen molar-refractivity contribution in [2.45, 2.75) is 6.92 Å². The summed E-state index contributed by atoms with van der Waals surface area (Å²) in [6.07, 6.45) is 3.13. The number of nitrogens with zero attached hydrogens (tertiary/aromatic N) is 2. The third-order valence-electron chi connectivity index (χ3n) is 3.60. The average molecular weight is 443 g/mol. The minimum Gasteiger partial charge on any atom is -0.322 e. The van der Waals surface area contributed by atoms with E-state index in [4.69, 9.17) is 0 Å². The molecule has 0 bridgehead atoms. The van der Waals surface area contributed by atoms with Gasteiger partial charge in [-0.2, -0.15) is 5.10 Å². The number of rotatable bonds is 5. The maximum Gasteiger partial charge on any atom is 0.281 e. The SMILES string of the molecule is C/C(=N/NC(=O)c1ccc(Br)s1)c1cccc(NC(=O)c2ccncc2)c1. The number of thiophene rings is 1. The van der Waals surface area contributed by atoms with Crippen molar-refractivity contribution in [3.8, 4) is 0 Å². The van der Waals surface area contributed by atoms with Gasteiger partial charge in [-0.15, -0.1) is 11.3 Å². The lowest BCUT2D eigenvalue weighted by atomic mass is 10.1. The Labute approximate surface area is 168 Å². The van der Waals surface area contributed by atoms with E-state index in [1.807, 2.05) is 18.2 Å². The van der Waals surface area contributed by atoms with Gasteiger partial charge in [0.05, 0.1) is 14.4 Å². The summed E-state index contributed by atoms with van der Waals surface area (Å²) in [7, 11) is 0. The number of anilines is 1. The first-order valence-corrected chi connectivity index (χ1v) is 9.55. The lowest BCUT2D eigenvalue weighted by molar-refractivity contribution is 0.0958. The molecule has 0 radical (unpaired) electrons. The maximum atomic E-state index is 12.2. The van der Waals surface area contributed by atoms with E-state index < -0.39 is 0 Å². The number of benzene rings is 1. The van der Waals surface area contributed by atoms with Crippen molar-refractivity contribution in [1.82, 2.24) is 10.4 Å². The Hall–Kier alpha value is -2.84. The van der Waals surface area contributed by atoms with Crippen LogP contribution in [0.3, 0.4) is 0 Å². The summed E-state index contributed by atoms with van der Waals surface area (Å²) < 4.78 is 0.881. The van der Waals surface area contributed by atoms with Crippen molar-refractivity contribution in [3.63, 3.8) is 0 Å². The van der Waals surface area contributed by atoms with Crippen LogP contribution >= 0.6 is 27.3 Å². The number of amides is 2. The van der Waals surface area contributed by atoms with Crippen molar-refractivity contribution < 1.29 is 9.59 Å². The molecule has 0 fully saturated rings. The van der Waals surface area contributed by atoms with Crippen LogP contribution in [-0.4, -0.2) is 22.5 Å². The van der Waals surface area contributed by atoms with Gasteiger partial charge in [0.1, 0.15) is 0 Å². The summed E-state index contributed by atoms with van der Waals surface area (Å²) >= 11 is 4.66. The van der Waals surface area contributed by atoms with Crippen molar-refractivity contribution >= 4 is 50.5 Å². The molecule has 0 aliphatic carbocycles. The molecular weight excluding hydrogens is 428 g/mol. The summed E-state index contributed by atoms with van der Waals surface area (Å²) in [6, 6.07) is 14.1. The minimum atomic E-state index is -0.271. The Balaban J connectivity index is 1.68. The monoisotopic (exact) mass is 442 g/mol. The third-order valence-corrected chi connectivity index (χ3v) is 5.23. The Bertz CT molecular complexity index is 1000. The van der Waals surface area contributed by atoms with E-state index >= 15 is 0 Å². The molecule has 2 heterocycles. The van der Waals surface area contributed by atoms with Crippen LogP contribution in [0, 0.1) is 0 Å². The molecule has 2 N–H and O–H groups in total. The van der Waals surface area contributed by atoms with Crippen molar-refractivity contribution in [1.29, 1.82) is 0 Å².